The van der Waals surface area contributed by atoms with Crippen molar-refractivity contribution >= 4 is 32.4 Å². The van der Waals surface area contributed by atoms with Crippen molar-refractivity contribution in [2.75, 3.05) is 19.7 Å². The minimum absolute atomic E-state index is 0.0410. The maximum Gasteiger partial charge on any atom is 0.135 e. The maximum atomic E-state index is 6.80. The Kier molecular flexibility index (Phi) is 6.50. The van der Waals surface area contributed by atoms with E-state index in [0.29, 0.717) is 24.5 Å². The Labute approximate surface area is 237 Å². The zero-order valence-corrected chi connectivity index (χ0v) is 23.1. The zero-order chi connectivity index (χ0) is 27.1. The molecule has 40 heavy (non-hydrogen) atoms. The third-order valence-corrected chi connectivity index (χ3v) is 9.76. The summed E-state index contributed by atoms with van der Waals surface area (Å²) in [7, 11) is 0. The molecule has 5 atom stereocenters. The van der Waals surface area contributed by atoms with Gasteiger partial charge in [-0.1, -0.05) is 78.9 Å². The molecule has 3 saturated heterocycles. The minimum atomic E-state index is -0.0410. The Morgan fingerprint density at radius 3 is 2.33 bits per heavy atom. The van der Waals surface area contributed by atoms with E-state index in [0.717, 1.165) is 36.1 Å². The van der Waals surface area contributed by atoms with Gasteiger partial charge in [-0.3, -0.25) is 4.98 Å². The summed E-state index contributed by atoms with van der Waals surface area (Å²) in [4.78, 5) is 4.68. The van der Waals surface area contributed by atoms with Crippen molar-refractivity contribution in [2.24, 2.45) is 11.8 Å². The average molecular weight is 526 g/mol. The van der Waals surface area contributed by atoms with Crippen molar-refractivity contribution in [1.29, 1.82) is 0 Å². The highest BCUT2D eigenvalue weighted by molar-refractivity contribution is 6.02. The molecule has 0 radical (unpaired) electrons. The molecule has 3 nitrogen and oxygen atoms in total. The molecule has 2 bridgehead atoms. The number of benzene rings is 4. The van der Waals surface area contributed by atoms with Gasteiger partial charge in [0.25, 0.3) is 0 Å². The monoisotopic (exact) mass is 525 g/mol. The SMILES string of the molecule is C=CCO[C@@H](c1ccnc2ccccc12)[C@@H]1C[C@@H]2CC[N@@+]1(Cc1c3ccccc3cc3ccccc13)C[C@@H]2C=C. The highest BCUT2D eigenvalue weighted by atomic mass is 16.5. The van der Waals surface area contributed by atoms with Crippen LogP contribution < -0.4 is 0 Å². The number of pyridine rings is 1. The molecule has 0 amide bonds. The van der Waals surface area contributed by atoms with Crippen LogP contribution in [0.15, 0.2) is 116 Å². The van der Waals surface area contributed by atoms with Gasteiger partial charge in [-0.15, -0.1) is 13.2 Å². The van der Waals surface area contributed by atoms with Crippen LogP contribution in [0.3, 0.4) is 0 Å². The largest absolute Gasteiger partial charge is 0.363 e. The van der Waals surface area contributed by atoms with Crippen LogP contribution in [0.1, 0.15) is 30.1 Å². The van der Waals surface area contributed by atoms with Crippen molar-refractivity contribution in [3.8, 4) is 0 Å². The lowest BCUT2D eigenvalue weighted by atomic mass is 9.70. The molecule has 0 N–H and O–H groups in total. The van der Waals surface area contributed by atoms with Crippen LogP contribution in [0, 0.1) is 11.8 Å². The van der Waals surface area contributed by atoms with Crippen molar-refractivity contribution in [3.05, 3.63) is 128 Å². The minimum Gasteiger partial charge on any atom is -0.363 e. The van der Waals surface area contributed by atoms with Gasteiger partial charge < -0.3 is 9.22 Å². The van der Waals surface area contributed by atoms with E-state index < -0.39 is 0 Å². The number of aromatic nitrogens is 1. The normalized spacial score (nSPS) is 24.9. The van der Waals surface area contributed by atoms with E-state index in [4.69, 9.17) is 4.74 Å². The first-order valence-corrected chi connectivity index (χ1v) is 14.6. The number of hydrogen-bond acceptors (Lipinski definition) is 2. The fraction of sp³-hybridized carbons (Fsp3) is 0.270. The highest BCUT2D eigenvalue weighted by Crippen LogP contribution is 2.50. The Bertz CT molecular complexity index is 1670. The molecule has 200 valence electrons. The van der Waals surface area contributed by atoms with Crippen LogP contribution in [0.4, 0.5) is 0 Å². The second-order valence-corrected chi connectivity index (χ2v) is 11.8. The van der Waals surface area contributed by atoms with Gasteiger partial charge in [0.05, 0.1) is 25.2 Å². The van der Waals surface area contributed by atoms with Gasteiger partial charge in [-0.2, -0.15) is 0 Å². The number of para-hydroxylation sites is 1. The predicted octanol–water partition coefficient (Wildman–Crippen LogP) is 8.40. The van der Waals surface area contributed by atoms with Crippen LogP contribution in [0.5, 0.6) is 0 Å². The van der Waals surface area contributed by atoms with Crippen molar-refractivity contribution < 1.29 is 9.22 Å². The molecule has 3 fully saturated rings. The Balaban J connectivity index is 1.41. The molecular formula is C37H37N2O+. The molecular weight excluding hydrogens is 488 g/mol. The number of hydrogen-bond donors (Lipinski definition) is 0. The number of nitrogens with zero attached hydrogens (tertiary/aromatic N) is 2. The van der Waals surface area contributed by atoms with Gasteiger partial charge >= 0.3 is 0 Å². The number of piperidine rings is 3. The van der Waals surface area contributed by atoms with Crippen molar-refractivity contribution in [2.45, 2.75) is 31.5 Å². The number of quaternary nitrogens is 1. The van der Waals surface area contributed by atoms with E-state index in [9.17, 15) is 0 Å². The van der Waals surface area contributed by atoms with E-state index >= 15 is 0 Å². The fourth-order valence-electron chi connectivity index (χ4n) is 7.90. The van der Waals surface area contributed by atoms with E-state index in [-0.39, 0.29) is 6.10 Å². The van der Waals surface area contributed by atoms with Gasteiger partial charge in [0, 0.05) is 35.9 Å². The number of rotatable bonds is 8. The van der Waals surface area contributed by atoms with Crippen LogP contribution in [-0.4, -0.2) is 35.2 Å². The van der Waals surface area contributed by atoms with E-state index in [1.54, 1.807) is 0 Å². The second kappa shape index (κ2) is 10.3. The average Bonchev–Trinajstić information content (AvgIpc) is 3.01. The summed E-state index contributed by atoms with van der Waals surface area (Å²) in [6.45, 7) is 12.1. The summed E-state index contributed by atoms with van der Waals surface area (Å²) < 4.78 is 7.81. The molecule has 5 aromatic rings. The summed E-state index contributed by atoms with van der Waals surface area (Å²) in [5.41, 5.74) is 3.74. The van der Waals surface area contributed by atoms with Crippen LogP contribution in [-0.2, 0) is 11.3 Å². The van der Waals surface area contributed by atoms with Crippen molar-refractivity contribution in [1.82, 2.24) is 4.98 Å². The maximum absolute atomic E-state index is 6.80. The van der Waals surface area contributed by atoms with Crippen LogP contribution in [0.2, 0.25) is 0 Å². The van der Waals surface area contributed by atoms with Gasteiger partial charge in [0.15, 0.2) is 0 Å². The third-order valence-electron chi connectivity index (χ3n) is 9.76. The van der Waals surface area contributed by atoms with Crippen LogP contribution >= 0.6 is 0 Å². The molecule has 0 spiro atoms. The Morgan fingerprint density at radius 1 is 0.900 bits per heavy atom. The van der Waals surface area contributed by atoms with Gasteiger partial charge in [0.2, 0.25) is 0 Å². The molecule has 3 aliphatic heterocycles. The summed E-state index contributed by atoms with van der Waals surface area (Å²) in [5, 5.41) is 6.56. The molecule has 0 unspecified atom stereocenters. The lowest BCUT2D eigenvalue weighted by molar-refractivity contribution is -0.984. The Morgan fingerprint density at radius 2 is 1.60 bits per heavy atom. The lowest BCUT2D eigenvalue weighted by Gasteiger charge is -2.58. The summed E-state index contributed by atoms with van der Waals surface area (Å²) in [6, 6.07) is 31.2. The molecule has 8 rings (SSSR count). The van der Waals surface area contributed by atoms with Gasteiger partial charge in [-0.25, -0.2) is 0 Å². The van der Waals surface area contributed by atoms with Crippen LogP contribution in [0.25, 0.3) is 32.4 Å². The quantitative estimate of drug-likeness (QED) is 0.115. The Hall–Kier alpha value is -3.79. The van der Waals surface area contributed by atoms with Gasteiger partial charge in [-0.05, 0) is 51.2 Å². The molecule has 0 aliphatic carbocycles. The first kappa shape index (κ1) is 25.2. The molecule has 0 saturated carbocycles. The second-order valence-electron chi connectivity index (χ2n) is 11.8. The molecule has 3 heteroatoms. The highest BCUT2D eigenvalue weighted by Gasteiger charge is 2.54. The van der Waals surface area contributed by atoms with Gasteiger partial charge in [0.1, 0.15) is 18.7 Å². The molecule has 4 aromatic carbocycles. The zero-order valence-electron chi connectivity index (χ0n) is 23.1. The first-order chi connectivity index (χ1) is 19.7. The van der Waals surface area contributed by atoms with E-state index in [1.807, 2.05) is 12.3 Å². The first-order valence-electron chi connectivity index (χ1n) is 14.6. The number of fused-ring (bicyclic) bond motifs is 6. The third kappa shape index (κ3) is 4.16. The summed E-state index contributed by atoms with van der Waals surface area (Å²) in [6.07, 6.45) is 8.41. The van der Waals surface area contributed by atoms with E-state index in [1.165, 1.54) is 44.5 Å². The standard InChI is InChI=1S/C37H37N2O/c1-3-21-40-37(33-17-19-38-35-16-10-9-15-32(33)35)36-23-27-18-20-39(36,24-26(27)4-2)25-34-30-13-7-5-11-28(30)22-29-12-6-8-14-31(29)34/h3-17,19,22,26-27,36-37H,1-2,18,20-21,23-25H2/q+1/t26-,27-,36-,37-,39-/m0/s1. The lowest BCUT2D eigenvalue weighted by Crippen LogP contribution is -2.67. The van der Waals surface area contributed by atoms with E-state index in [2.05, 4.69) is 109 Å². The topological polar surface area (TPSA) is 22.1 Å². The smallest absolute Gasteiger partial charge is 0.135 e. The number of ether oxygens (including phenoxy) is 1. The summed E-state index contributed by atoms with van der Waals surface area (Å²) >= 11 is 0. The molecule has 4 heterocycles. The van der Waals surface area contributed by atoms with Crippen molar-refractivity contribution in [3.63, 3.8) is 0 Å². The predicted molar refractivity (Wildman–Crippen MR) is 166 cm³/mol. The molecule has 1 aromatic heterocycles. The molecule has 3 aliphatic rings. The summed E-state index contributed by atoms with van der Waals surface area (Å²) in [5.74, 6) is 1.18. The fourth-order valence-corrected chi connectivity index (χ4v) is 7.90.